The zero-order valence-corrected chi connectivity index (χ0v) is 17.5. The third-order valence-electron chi connectivity index (χ3n) is 5.46. The lowest BCUT2D eigenvalue weighted by Crippen LogP contribution is -2.17. The molecule has 0 amide bonds. The maximum absolute atomic E-state index is 13.5. The Hall–Kier alpha value is -2.80. The molecule has 1 aliphatic rings. The van der Waals surface area contributed by atoms with Crippen molar-refractivity contribution in [2.75, 3.05) is 19.8 Å². The van der Waals surface area contributed by atoms with Gasteiger partial charge in [-0.2, -0.15) is 13.2 Å². The first-order valence-electron chi connectivity index (χ1n) is 10.1. The van der Waals surface area contributed by atoms with E-state index in [1.54, 1.807) is 0 Å². The van der Waals surface area contributed by atoms with E-state index >= 15 is 0 Å². The maximum atomic E-state index is 13.5. The molecular formula is C24H25F3O4. The molecule has 0 saturated heterocycles. The van der Waals surface area contributed by atoms with Gasteiger partial charge in [0, 0.05) is 6.42 Å². The zero-order chi connectivity index (χ0) is 22.6. The number of ether oxygens (including phenoxy) is 2. The molecule has 3 rings (SSSR count). The molecule has 7 heteroatoms. The number of rotatable bonds is 7. The number of carbonyl (C=O) groups is 1. The van der Waals surface area contributed by atoms with E-state index in [1.165, 1.54) is 23.3 Å². The molecule has 166 valence electrons. The summed E-state index contributed by atoms with van der Waals surface area (Å²) in [6.45, 7) is 5.15. The molecule has 0 atom stereocenters. The number of aliphatic carboxylic acids is 1. The fourth-order valence-corrected chi connectivity index (χ4v) is 3.58. The van der Waals surface area contributed by atoms with E-state index in [9.17, 15) is 18.0 Å². The highest BCUT2D eigenvalue weighted by Gasteiger charge is 2.34. The van der Waals surface area contributed by atoms with E-state index in [1.807, 2.05) is 19.9 Å². The summed E-state index contributed by atoms with van der Waals surface area (Å²) < 4.78 is 51.7. The number of aryl methyl sites for hydroxylation is 3. The molecule has 1 aliphatic heterocycles. The molecule has 0 spiro atoms. The smallest absolute Gasteiger partial charge is 0.416 e. The Morgan fingerprint density at radius 2 is 1.90 bits per heavy atom. The number of hydrogen-bond acceptors (Lipinski definition) is 3. The van der Waals surface area contributed by atoms with E-state index in [0.717, 1.165) is 22.8 Å². The van der Waals surface area contributed by atoms with Crippen LogP contribution in [0.5, 0.6) is 5.75 Å². The largest absolute Gasteiger partial charge is 0.489 e. The first kappa shape index (κ1) is 22.9. The second kappa shape index (κ2) is 9.56. The number of alkyl halides is 3. The molecule has 0 aliphatic carbocycles. The van der Waals surface area contributed by atoms with Crippen LogP contribution in [0.4, 0.5) is 13.2 Å². The SMILES string of the molecule is Cc1ccc(C2=C(COc3ccc(CCC(=O)O)c(C(F)(F)F)c3)COCC2)cc1C. The van der Waals surface area contributed by atoms with Crippen LogP contribution in [0.3, 0.4) is 0 Å². The van der Waals surface area contributed by atoms with Crippen molar-refractivity contribution in [2.24, 2.45) is 0 Å². The third-order valence-corrected chi connectivity index (χ3v) is 5.46. The van der Waals surface area contributed by atoms with Gasteiger partial charge in [-0.1, -0.05) is 24.3 Å². The highest BCUT2D eigenvalue weighted by molar-refractivity contribution is 5.70. The lowest BCUT2D eigenvalue weighted by Gasteiger charge is -2.22. The third kappa shape index (κ3) is 5.88. The molecule has 1 heterocycles. The summed E-state index contributed by atoms with van der Waals surface area (Å²) in [5.41, 5.74) is 4.51. The number of hydrogen-bond donors (Lipinski definition) is 1. The van der Waals surface area contributed by atoms with Gasteiger partial charge in [0.25, 0.3) is 0 Å². The van der Waals surface area contributed by atoms with Crippen molar-refractivity contribution in [3.63, 3.8) is 0 Å². The average Bonchev–Trinajstić information content (AvgIpc) is 2.72. The predicted molar refractivity (Wildman–Crippen MR) is 111 cm³/mol. The van der Waals surface area contributed by atoms with Crippen LogP contribution in [0, 0.1) is 13.8 Å². The van der Waals surface area contributed by atoms with Crippen LogP contribution >= 0.6 is 0 Å². The Bertz CT molecular complexity index is 993. The van der Waals surface area contributed by atoms with Gasteiger partial charge < -0.3 is 14.6 Å². The Morgan fingerprint density at radius 1 is 1.13 bits per heavy atom. The van der Waals surface area contributed by atoms with Crippen molar-refractivity contribution < 1.29 is 32.5 Å². The van der Waals surface area contributed by atoms with Gasteiger partial charge in [-0.3, -0.25) is 4.79 Å². The maximum Gasteiger partial charge on any atom is 0.416 e. The molecule has 0 bridgehead atoms. The molecule has 0 radical (unpaired) electrons. The monoisotopic (exact) mass is 434 g/mol. The Labute approximate surface area is 179 Å². The van der Waals surface area contributed by atoms with Gasteiger partial charge in [0.2, 0.25) is 0 Å². The van der Waals surface area contributed by atoms with Gasteiger partial charge in [0.15, 0.2) is 0 Å². The van der Waals surface area contributed by atoms with E-state index in [-0.39, 0.29) is 30.8 Å². The number of carboxylic acids is 1. The van der Waals surface area contributed by atoms with Crippen molar-refractivity contribution >= 4 is 11.5 Å². The van der Waals surface area contributed by atoms with E-state index < -0.39 is 17.7 Å². The van der Waals surface area contributed by atoms with Crippen molar-refractivity contribution in [1.82, 2.24) is 0 Å². The molecule has 2 aromatic rings. The van der Waals surface area contributed by atoms with Crippen molar-refractivity contribution in [1.29, 1.82) is 0 Å². The van der Waals surface area contributed by atoms with Crippen molar-refractivity contribution in [2.45, 2.75) is 39.3 Å². The van der Waals surface area contributed by atoms with Crippen LogP contribution in [-0.4, -0.2) is 30.9 Å². The number of benzene rings is 2. The van der Waals surface area contributed by atoms with E-state index in [2.05, 4.69) is 12.1 Å². The van der Waals surface area contributed by atoms with Gasteiger partial charge in [-0.05, 0) is 72.2 Å². The normalized spacial score (nSPS) is 14.6. The minimum Gasteiger partial charge on any atom is -0.489 e. The first-order valence-corrected chi connectivity index (χ1v) is 10.1. The van der Waals surface area contributed by atoms with Crippen LogP contribution in [-0.2, 0) is 22.1 Å². The minimum atomic E-state index is -4.59. The summed E-state index contributed by atoms with van der Waals surface area (Å²) in [4.78, 5) is 10.7. The molecule has 0 saturated carbocycles. The molecule has 0 aromatic heterocycles. The second-order valence-electron chi connectivity index (χ2n) is 7.68. The van der Waals surface area contributed by atoms with Gasteiger partial charge in [-0.15, -0.1) is 0 Å². The van der Waals surface area contributed by atoms with E-state index in [0.29, 0.717) is 19.6 Å². The summed E-state index contributed by atoms with van der Waals surface area (Å²) in [6.07, 6.45) is -4.44. The Kier molecular flexibility index (Phi) is 7.05. The summed E-state index contributed by atoms with van der Waals surface area (Å²) in [5, 5.41) is 8.78. The highest BCUT2D eigenvalue weighted by Crippen LogP contribution is 2.35. The molecule has 31 heavy (non-hydrogen) atoms. The van der Waals surface area contributed by atoms with Gasteiger partial charge in [-0.25, -0.2) is 0 Å². The predicted octanol–water partition coefficient (Wildman–Crippen LogP) is 5.59. The quantitative estimate of drug-likeness (QED) is 0.617. The topological polar surface area (TPSA) is 55.8 Å². The van der Waals surface area contributed by atoms with E-state index in [4.69, 9.17) is 14.6 Å². The fraction of sp³-hybridized carbons (Fsp3) is 0.375. The Balaban J connectivity index is 1.83. The van der Waals surface area contributed by atoms with Crippen LogP contribution in [0.25, 0.3) is 5.57 Å². The number of halogens is 3. The first-order chi connectivity index (χ1) is 14.6. The summed E-state index contributed by atoms with van der Waals surface area (Å²) in [7, 11) is 0. The second-order valence-corrected chi connectivity index (χ2v) is 7.68. The Morgan fingerprint density at radius 3 is 2.58 bits per heavy atom. The molecule has 4 nitrogen and oxygen atoms in total. The fourth-order valence-electron chi connectivity index (χ4n) is 3.58. The van der Waals surface area contributed by atoms with Crippen LogP contribution in [0.15, 0.2) is 42.0 Å². The standard InChI is InChI=1S/C24H25F3O4/c1-15-3-4-18(11-16(15)2)21-9-10-30-13-19(21)14-31-20-7-5-17(6-8-23(28)29)22(12-20)24(25,26)27/h3-5,7,11-12H,6,8-10,13-14H2,1-2H3,(H,28,29). The summed E-state index contributed by atoms with van der Waals surface area (Å²) in [6, 6.07) is 9.88. The van der Waals surface area contributed by atoms with Crippen LogP contribution in [0.2, 0.25) is 0 Å². The number of carboxylic acid groups (broad SMARTS) is 1. The molecule has 1 N–H and O–H groups in total. The van der Waals surface area contributed by atoms with Gasteiger partial charge in [0.05, 0.1) is 18.8 Å². The zero-order valence-electron chi connectivity index (χ0n) is 17.5. The summed E-state index contributed by atoms with van der Waals surface area (Å²) >= 11 is 0. The molecule has 2 aromatic carbocycles. The minimum absolute atomic E-state index is 0.0571. The van der Waals surface area contributed by atoms with Crippen molar-refractivity contribution in [3.8, 4) is 5.75 Å². The molecular weight excluding hydrogens is 409 g/mol. The lowest BCUT2D eigenvalue weighted by atomic mass is 9.94. The van der Waals surface area contributed by atoms with Gasteiger partial charge in [0.1, 0.15) is 12.4 Å². The molecule has 0 unspecified atom stereocenters. The average molecular weight is 434 g/mol. The lowest BCUT2D eigenvalue weighted by molar-refractivity contribution is -0.140. The van der Waals surface area contributed by atoms with Crippen molar-refractivity contribution in [3.05, 3.63) is 69.8 Å². The summed E-state index contributed by atoms with van der Waals surface area (Å²) in [5.74, 6) is -1.06. The molecule has 0 fully saturated rings. The van der Waals surface area contributed by atoms with Gasteiger partial charge >= 0.3 is 12.1 Å². The van der Waals surface area contributed by atoms with Crippen LogP contribution in [0.1, 0.15) is 40.7 Å². The highest BCUT2D eigenvalue weighted by atomic mass is 19.4. The van der Waals surface area contributed by atoms with Crippen LogP contribution < -0.4 is 4.74 Å².